The van der Waals surface area contributed by atoms with E-state index in [4.69, 9.17) is 5.73 Å². The lowest BCUT2D eigenvalue weighted by atomic mass is 10.00. The zero-order chi connectivity index (χ0) is 68.7. The highest BCUT2D eigenvalue weighted by atomic mass is 32.1. The average Bonchev–Trinajstić information content (AvgIpc) is 1.75. The third-order valence-electron chi connectivity index (χ3n) is 15.8. The van der Waals surface area contributed by atoms with Gasteiger partial charge in [-0.3, -0.25) is 47.9 Å². The first kappa shape index (κ1) is 72.8. The predicted molar refractivity (Wildman–Crippen MR) is 355 cm³/mol. The van der Waals surface area contributed by atoms with Crippen LogP contribution in [0.2, 0.25) is 0 Å². The minimum absolute atomic E-state index is 0.0288. The Hall–Kier alpha value is -9.59. The summed E-state index contributed by atoms with van der Waals surface area (Å²) in [6.07, 6.45) is 7.39. The van der Waals surface area contributed by atoms with E-state index in [1.165, 1.54) is 36.9 Å². The smallest absolute Gasteiger partial charge is 0.326 e. The van der Waals surface area contributed by atoms with Gasteiger partial charge in [0.1, 0.15) is 60.4 Å². The monoisotopic (exact) mass is 1350 g/mol. The van der Waals surface area contributed by atoms with Gasteiger partial charge in [0, 0.05) is 84.6 Å². The molecule has 0 spiro atoms. The predicted octanol–water partition coefficient (Wildman–Crippen LogP) is -1.19. The number of carboxylic acid groups (broad SMARTS) is 1. The molecule has 31 heteroatoms. The molecule has 0 bridgehead atoms. The number of carbonyl (C=O) groups is 11. The van der Waals surface area contributed by atoms with Crippen LogP contribution in [0.25, 0.3) is 10.9 Å². The molecule has 1 saturated heterocycles. The molecule has 4 heterocycles. The number of rotatable bonds is 35. The van der Waals surface area contributed by atoms with E-state index in [2.05, 4.69) is 98.0 Å². The lowest BCUT2D eigenvalue weighted by Gasteiger charge is -2.31. The first-order valence-electron chi connectivity index (χ1n) is 31.0. The summed E-state index contributed by atoms with van der Waals surface area (Å²) < 4.78 is 0. The number of hydrogen-bond acceptors (Lipinski definition) is 17. The van der Waals surface area contributed by atoms with Crippen molar-refractivity contribution in [2.75, 3.05) is 24.7 Å². The number of imidazole rings is 2. The highest BCUT2D eigenvalue weighted by molar-refractivity contribution is 7.80. The quantitative estimate of drug-likeness (QED) is 0.0208. The van der Waals surface area contributed by atoms with Crippen molar-refractivity contribution in [1.29, 1.82) is 0 Å². The van der Waals surface area contributed by atoms with Gasteiger partial charge in [0.2, 0.25) is 59.1 Å². The molecule has 1 aliphatic rings. The normalized spacial score (nSPS) is 16.0. The number of fused-ring (bicyclic) bond motifs is 1. The fraction of sp³-hybridized carbons (Fsp3) is 0.422. The molecule has 6 aromatic rings. The number of aromatic nitrogens is 5. The van der Waals surface area contributed by atoms with Gasteiger partial charge in [-0.15, -0.1) is 0 Å². The Kier molecular flexibility index (Phi) is 27.3. The number of benzene rings is 3. The molecule has 3 aromatic heterocycles. The minimum atomic E-state index is -1.69. The molecule has 10 amide bonds. The Morgan fingerprint density at radius 3 is 1.60 bits per heavy atom. The van der Waals surface area contributed by atoms with Crippen molar-refractivity contribution in [2.24, 2.45) is 11.7 Å². The summed E-state index contributed by atoms with van der Waals surface area (Å²) in [4.78, 5) is 171. The summed E-state index contributed by atoms with van der Waals surface area (Å²) in [5, 5.41) is 44.5. The van der Waals surface area contributed by atoms with Crippen LogP contribution in [0.1, 0.15) is 68.1 Å². The second-order valence-corrected chi connectivity index (χ2v) is 24.3. The molecule has 7 rings (SSSR count). The second-order valence-electron chi connectivity index (χ2n) is 23.5. The molecule has 11 atom stereocenters. The molecule has 3 aromatic carbocycles. The Labute approximate surface area is 558 Å². The van der Waals surface area contributed by atoms with Gasteiger partial charge >= 0.3 is 5.97 Å². The van der Waals surface area contributed by atoms with E-state index in [0.717, 1.165) is 16.5 Å². The molecular formula is C64H82N16O13S2. The number of H-pyrrole nitrogens is 3. The van der Waals surface area contributed by atoms with E-state index >= 15 is 4.79 Å². The summed E-state index contributed by atoms with van der Waals surface area (Å²) in [5.74, 6) is -10.3. The summed E-state index contributed by atoms with van der Waals surface area (Å²) in [6.45, 7) is 4.05. The zero-order valence-corrected chi connectivity index (χ0v) is 54.4. The van der Waals surface area contributed by atoms with E-state index in [1.807, 2.05) is 62.4 Å². The number of aromatic amines is 3. The van der Waals surface area contributed by atoms with Crippen molar-refractivity contribution in [3.05, 3.63) is 144 Å². The van der Waals surface area contributed by atoms with Gasteiger partial charge in [0.25, 0.3) is 0 Å². The number of thiol groups is 2. The van der Waals surface area contributed by atoms with Gasteiger partial charge in [0.15, 0.2) is 0 Å². The zero-order valence-electron chi connectivity index (χ0n) is 52.6. The van der Waals surface area contributed by atoms with Crippen molar-refractivity contribution >= 4 is 101 Å². The van der Waals surface area contributed by atoms with Gasteiger partial charge in [-0.1, -0.05) is 92.7 Å². The number of aliphatic hydroxyl groups excluding tert-OH is 1. The average molecular weight is 1350 g/mol. The Morgan fingerprint density at radius 2 is 1.03 bits per heavy atom. The number of para-hydroxylation sites is 1. The highest BCUT2D eigenvalue weighted by Gasteiger charge is 2.41. The standard InChI is InChI=1S/C64H82N16O13S2/c1-35(2)21-45(72-54(82)36(3)71-60(88)51(31-94)78-57(85)46(23-38-15-8-5-9-16-38)73-55(83)43(65)22-37-13-6-4-7-14-37)56(84)75-48(24-39-27-68-44-18-11-10-17-42(39)44)63(91)80-20-12-19-53(80)62(90)77-50(30-81)59(87)79-52(32-95)61(89)74-47(25-40-28-66-33-69-40)58(86)76-49(64(92)93)26-41-29-67-34-70-41/h4-11,13-18,27-29,33-36,43,45-53,68,81,94-95H,12,19-26,30-32,65H2,1-3H3,(H,66,69)(H,67,70)(H,71,88)(H,72,82)(H,73,83)(H,74,89)(H,75,84)(H,76,86)(H,77,90)(H,78,85)(H,79,87)(H,92,93)/t36-,43-,45-,46-,47-,48-,49-,50-,51-,52-,53-/m0/s1. The van der Waals surface area contributed by atoms with Crippen molar-refractivity contribution in [1.82, 2.24) is 77.7 Å². The Morgan fingerprint density at radius 1 is 0.547 bits per heavy atom. The van der Waals surface area contributed by atoms with Crippen LogP contribution in [0.4, 0.5) is 0 Å². The molecule has 1 aliphatic heterocycles. The number of nitrogens with two attached hydrogens (primary N) is 1. The molecule has 95 heavy (non-hydrogen) atoms. The van der Waals surface area contributed by atoms with E-state index < -0.39 is 138 Å². The van der Waals surface area contributed by atoms with E-state index in [1.54, 1.807) is 42.6 Å². The van der Waals surface area contributed by atoms with Gasteiger partial charge < -0.3 is 83.6 Å². The van der Waals surface area contributed by atoms with E-state index in [9.17, 15) is 58.2 Å². The third kappa shape index (κ3) is 21.2. The number of nitrogens with zero attached hydrogens (tertiary/aromatic N) is 3. The number of aliphatic hydroxyl groups is 1. The van der Waals surface area contributed by atoms with Crippen LogP contribution in [-0.2, 0) is 84.8 Å². The van der Waals surface area contributed by atoms with Crippen molar-refractivity contribution < 1.29 is 63.0 Å². The molecule has 508 valence electrons. The first-order valence-corrected chi connectivity index (χ1v) is 32.2. The summed E-state index contributed by atoms with van der Waals surface area (Å²) in [5.41, 5.74) is 9.96. The molecule has 29 nitrogen and oxygen atoms in total. The van der Waals surface area contributed by atoms with Crippen LogP contribution in [0.5, 0.6) is 0 Å². The number of carboxylic acids is 1. The maximum atomic E-state index is 15.0. The highest BCUT2D eigenvalue weighted by Crippen LogP contribution is 2.24. The summed E-state index contributed by atoms with van der Waals surface area (Å²) in [6, 6.07) is 10.6. The molecule has 0 saturated carbocycles. The van der Waals surface area contributed by atoms with Crippen LogP contribution in [-0.4, -0.2) is 196 Å². The van der Waals surface area contributed by atoms with Gasteiger partial charge in [-0.2, -0.15) is 25.3 Å². The van der Waals surface area contributed by atoms with E-state index in [-0.39, 0.29) is 68.9 Å². The number of hydrogen-bond donors (Lipinski definition) is 17. The van der Waals surface area contributed by atoms with Gasteiger partial charge in [-0.05, 0) is 61.3 Å². The number of nitrogens with one attached hydrogen (secondary N) is 12. The molecule has 0 radical (unpaired) electrons. The summed E-state index contributed by atoms with van der Waals surface area (Å²) >= 11 is 8.57. The second kappa shape index (κ2) is 35.6. The number of amides is 10. The lowest BCUT2D eigenvalue weighted by molar-refractivity contribution is -0.143. The first-order chi connectivity index (χ1) is 45.5. The minimum Gasteiger partial charge on any atom is -0.480 e. The van der Waals surface area contributed by atoms with Crippen molar-refractivity contribution in [3.63, 3.8) is 0 Å². The SMILES string of the molecule is CC(C)C[C@H](NC(=O)[C@H](C)NC(=O)[C@H](CS)NC(=O)[C@H](Cc1ccccc1)NC(=O)[C@@H](N)Cc1ccccc1)C(=O)N[C@@H](Cc1c[nH]c2ccccc12)C(=O)N1CCC[C@H]1C(=O)N[C@@H](CO)C(=O)N[C@@H](CS)C(=O)N[C@@H](Cc1cnc[nH]1)C(=O)N[C@@H](Cc1cnc[nH]1)C(=O)O. The van der Waals surface area contributed by atoms with Crippen molar-refractivity contribution in [2.45, 2.75) is 139 Å². The van der Waals surface area contributed by atoms with Gasteiger partial charge in [0.05, 0.1) is 25.3 Å². The largest absolute Gasteiger partial charge is 0.480 e. The fourth-order valence-electron chi connectivity index (χ4n) is 10.8. The van der Waals surface area contributed by atoms with E-state index in [0.29, 0.717) is 28.9 Å². The maximum Gasteiger partial charge on any atom is 0.326 e. The molecular weight excluding hydrogens is 1260 g/mol. The van der Waals surface area contributed by atoms with Crippen LogP contribution in [0.15, 0.2) is 116 Å². The topological polar surface area (TPSA) is 439 Å². The summed E-state index contributed by atoms with van der Waals surface area (Å²) in [7, 11) is 0. The molecule has 1 fully saturated rings. The molecule has 0 unspecified atom stereocenters. The maximum absolute atomic E-state index is 15.0. The third-order valence-corrected chi connectivity index (χ3v) is 16.6. The Balaban J connectivity index is 1.00. The number of likely N-dealkylation sites (tertiary alicyclic amines) is 1. The molecule has 0 aliphatic carbocycles. The van der Waals surface area contributed by atoms with Crippen LogP contribution >= 0.6 is 25.3 Å². The van der Waals surface area contributed by atoms with Crippen LogP contribution in [0.3, 0.4) is 0 Å². The molecule has 16 N–H and O–H groups in total. The number of carbonyl (C=O) groups excluding carboxylic acids is 10. The fourth-order valence-corrected chi connectivity index (χ4v) is 11.3. The lowest BCUT2D eigenvalue weighted by Crippen LogP contribution is -2.61. The number of aliphatic carboxylic acids is 1. The van der Waals surface area contributed by atoms with Crippen LogP contribution in [0, 0.1) is 5.92 Å². The van der Waals surface area contributed by atoms with Crippen molar-refractivity contribution in [3.8, 4) is 0 Å². The van der Waals surface area contributed by atoms with Gasteiger partial charge in [-0.25, -0.2) is 14.8 Å². The van der Waals surface area contributed by atoms with Crippen LogP contribution < -0.4 is 53.6 Å². The Bertz CT molecular complexity index is 3580.